The van der Waals surface area contributed by atoms with Gasteiger partial charge in [0.05, 0.1) is 12.0 Å². The van der Waals surface area contributed by atoms with Gasteiger partial charge in [0.25, 0.3) is 0 Å². The molecule has 0 aromatic heterocycles. The van der Waals surface area contributed by atoms with Gasteiger partial charge in [-0.2, -0.15) is 18.4 Å². The van der Waals surface area contributed by atoms with E-state index in [9.17, 15) is 18.4 Å². The van der Waals surface area contributed by atoms with Crippen LogP contribution >= 0.6 is 0 Å². The van der Waals surface area contributed by atoms with E-state index in [4.69, 9.17) is 0 Å². The molecule has 0 aromatic carbocycles. The number of piperidine rings is 1. The van der Waals surface area contributed by atoms with E-state index in [1.807, 2.05) is 11.8 Å². The number of halogens is 3. The van der Waals surface area contributed by atoms with Crippen LogP contribution < -0.4 is 5.32 Å². The molecular weight excluding hydrogens is 279 g/mol. The Labute approximate surface area is 124 Å². The lowest BCUT2D eigenvalue weighted by atomic mass is 9.91. The molecule has 2 unspecified atom stereocenters. The molecule has 1 heterocycles. The predicted molar refractivity (Wildman–Crippen MR) is 74.6 cm³/mol. The monoisotopic (exact) mass is 303 g/mol. The van der Waals surface area contributed by atoms with Gasteiger partial charge in [-0.05, 0) is 51.1 Å². The summed E-state index contributed by atoms with van der Waals surface area (Å²) in [4.78, 5) is 1.84. The Balaban J connectivity index is 2.01. The highest BCUT2D eigenvalue weighted by Gasteiger charge is 2.48. The maximum Gasteiger partial charge on any atom is 0.393 e. The van der Waals surface area contributed by atoms with Gasteiger partial charge in [-0.3, -0.25) is 10.2 Å². The van der Waals surface area contributed by atoms with Crippen LogP contribution in [0.15, 0.2) is 0 Å². The first-order valence-corrected chi connectivity index (χ1v) is 7.86. The summed E-state index contributed by atoms with van der Waals surface area (Å²) >= 11 is 0. The molecule has 2 aliphatic rings. The quantitative estimate of drug-likeness (QED) is 0.820. The van der Waals surface area contributed by atoms with Gasteiger partial charge in [0.1, 0.15) is 5.54 Å². The van der Waals surface area contributed by atoms with Crippen molar-refractivity contribution in [3.05, 3.63) is 0 Å². The van der Waals surface area contributed by atoms with Crippen LogP contribution in [-0.2, 0) is 0 Å². The maximum absolute atomic E-state index is 12.9. The van der Waals surface area contributed by atoms with E-state index >= 15 is 0 Å². The highest BCUT2D eigenvalue weighted by Crippen LogP contribution is 2.41. The first kappa shape index (κ1) is 16.6. The normalized spacial score (nSPS) is 27.1. The number of alkyl halides is 3. The van der Waals surface area contributed by atoms with Crippen LogP contribution in [0.25, 0.3) is 0 Å². The largest absolute Gasteiger partial charge is 0.393 e. The summed E-state index contributed by atoms with van der Waals surface area (Å²) in [6, 6.07) is 2.38. The van der Waals surface area contributed by atoms with E-state index < -0.39 is 17.6 Å². The fourth-order valence-electron chi connectivity index (χ4n) is 3.24. The van der Waals surface area contributed by atoms with Crippen molar-refractivity contribution in [2.75, 3.05) is 26.2 Å². The van der Waals surface area contributed by atoms with Crippen LogP contribution in [0.5, 0.6) is 0 Å². The lowest BCUT2D eigenvalue weighted by molar-refractivity contribution is -0.187. The van der Waals surface area contributed by atoms with Gasteiger partial charge in [-0.15, -0.1) is 0 Å². The number of nitriles is 1. The Morgan fingerprint density at radius 2 is 1.95 bits per heavy atom. The van der Waals surface area contributed by atoms with E-state index in [0.29, 0.717) is 25.4 Å². The summed E-state index contributed by atoms with van der Waals surface area (Å²) in [5.41, 5.74) is -0.663. The van der Waals surface area contributed by atoms with Crippen LogP contribution in [0.3, 0.4) is 0 Å². The summed E-state index contributed by atoms with van der Waals surface area (Å²) < 4.78 is 38.7. The van der Waals surface area contributed by atoms with Crippen LogP contribution in [0, 0.1) is 23.2 Å². The Morgan fingerprint density at radius 1 is 1.24 bits per heavy atom. The Bertz CT molecular complexity index is 387. The van der Waals surface area contributed by atoms with Crippen LogP contribution in [0.4, 0.5) is 13.2 Å². The molecule has 0 aromatic rings. The topological polar surface area (TPSA) is 39.1 Å². The first-order valence-electron chi connectivity index (χ1n) is 7.86. The lowest BCUT2D eigenvalue weighted by Gasteiger charge is -2.39. The number of nitrogens with one attached hydrogen (secondary N) is 1. The second kappa shape index (κ2) is 6.53. The highest BCUT2D eigenvalue weighted by molar-refractivity contribution is 5.17. The molecule has 2 rings (SSSR count). The molecule has 0 radical (unpaired) electrons. The van der Waals surface area contributed by atoms with E-state index in [1.54, 1.807) is 0 Å². The maximum atomic E-state index is 12.9. The average Bonchev–Trinajstić information content (AvgIpc) is 3.28. The molecule has 0 spiro atoms. The van der Waals surface area contributed by atoms with E-state index in [-0.39, 0.29) is 13.0 Å². The lowest BCUT2D eigenvalue weighted by Crippen LogP contribution is -2.56. The van der Waals surface area contributed by atoms with Crippen molar-refractivity contribution in [2.45, 2.75) is 50.7 Å². The SMILES string of the molecule is CCCNC(C#N)(CN1CCCC(C(F)(F)F)C1)C1CC1. The van der Waals surface area contributed by atoms with Gasteiger partial charge in [0.2, 0.25) is 0 Å². The third kappa shape index (κ3) is 4.10. The zero-order valence-electron chi connectivity index (χ0n) is 12.5. The molecule has 2 fully saturated rings. The molecule has 1 saturated carbocycles. The minimum atomic E-state index is -4.12. The summed E-state index contributed by atoms with van der Waals surface area (Å²) in [7, 11) is 0. The van der Waals surface area contributed by atoms with E-state index in [0.717, 1.165) is 25.8 Å². The summed E-state index contributed by atoms with van der Waals surface area (Å²) in [6.45, 7) is 3.88. The van der Waals surface area contributed by atoms with Crippen molar-refractivity contribution >= 4 is 0 Å². The molecule has 2 atom stereocenters. The fraction of sp³-hybridized carbons (Fsp3) is 0.933. The standard InChI is InChI=1S/C15H24F3N3/c1-2-7-20-14(10-19,12-5-6-12)11-21-8-3-4-13(9-21)15(16,17)18/h12-13,20H,2-9,11H2,1H3. The van der Waals surface area contributed by atoms with E-state index in [2.05, 4.69) is 11.4 Å². The van der Waals surface area contributed by atoms with Gasteiger partial charge in [-0.1, -0.05) is 6.92 Å². The number of nitrogens with zero attached hydrogens (tertiary/aromatic N) is 2. The second-order valence-corrected chi connectivity index (χ2v) is 6.40. The fourth-order valence-corrected chi connectivity index (χ4v) is 3.24. The van der Waals surface area contributed by atoms with Crippen molar-refractivity contribution in [3.63, 3.8) is 0 Å². The Hall–Kier alpha value is -0.800. The van der Waals surface area contributed by atoms with Gasteiger partial charge >= 0.3 is 6.18 Å². The number of likely N-dealkylation sites (tertiary alicyclic amines) is 1. The molecule has 6 heteroatoms. The van der Waals surface area contributed by atoms with Gasteiger partial charge in [0, 0.05) is 13.1 Å². The first-order chi connectivity index (χ1) is 9.91. The molecule has 1 N–H and O–H groups in total. The molecule has 1 saturated heterocycles. The van der Waals surface area contributed by atoms with Gasteiger partial charge in [0.15, 0.2) is 0 Å². The van der Waals surface area contributed by atoms with Crippen LogP contribution in [0.1, 0.15) is 39.0 Å². The molecule has 3 nitrogen and oxygen atoms in total. The van der Waals surface area contributed by atoms with Gasteiger partial charge < -0.3 is 0 Å². The number of hydrogen-bond donors (Lipinski definition) is 1. The zero-order valence-corrected chi connectivity index (χ0v) is 12.5. The third-order valence-electron chi connectivity index (χ3n) is 4.61. The smallest absolute Gasteiger partial charge is 0.300 e. The van der Waals surface area contributed by atoms with Crippen molar-refractivity contribution < 1.29 is 13.2 Å². The Morgan fingerprint density at radius 3 is 2.48 bits per heavy atom. The molecular formula is C15H24F3N3. The van der Waals surface area contributed by atoms with Crippen molar-refractivity contribution in [3.8, 4) is 6.07 Å². The molecule has 0 amide bonds. The Kier molecular flexibility index (Phi) is 5.15. The molecule has 0 bridgehead atoms. The average molecular weight is 303 g/mol. The summed E-state index contributed by atoms with van der Waals surface area (Å²) in [6.07, 6.45) is -0.428. The third-order valence-corrected chi connectivity index (χ3v) is 4.61. The van der Waals surface area contributed by atoms with Crippen molar-refractivity contribution in [1.29, 1.82) is 5.26 Å². The highest BCUT2D eigenvalue weighted by atomic mass is 19.4. The molecule has 120 valence electrons. The van der Waals surface area contributed by atoms with Gasteiger partial charge in [-0.25, -0.2) is 0 Å². The van der Waals surface area contributed by atoms with E-state index in [1.165, 1.54) is 0 Å². The minimum absolute atomic E-state index is 0.0352. The second-order valence-electron chi connectivity index (χ2n) is 6.40. The number of rotatable bonds is 6. The van der Waals surface area contributed by atoms with Crippen molar-refractivity contribution in [2.24, 2.45) is 11.8 Å². The van der Waals surface area contributed by atoms with Crippen molar-refractivity contribution in [1.82, 2.24) is 10.2 Å². The number of hydrogen-bond acceptors (Lipinski definition) is 3. The van der Waals surface area contributed by atoms with Crippen LogP contribution in [-0.4, -0.2) is 42.8 Å². The molecule has 1 aliphatic heterocycles. The minimum Gasteiger partial charge on any atom is -0.300 e. The van der Waals surface area contributed by atoms with Crippen LogP contribution in [0.2, 0.25) is 0 Å². The molecule has 1 aliphatic carbocycles. The summed E-state index contributed by atoms with van der Waals surface area (Å²) in [5.74, 6) is -0.951. The molecule has 21 heavy (non-hydrogen) atoms. The zero-order chi connectivity index (χ0) is 15.5. The predicted octanol–water partition coefficient (Wildman–Crippen LogP) is 2.93. The summed E-state index contributed by atoms with van der Waals surface area (Å²) in [5, 5.41) is 12.9.